The van der Waals surface area contributed by atoms with Gasteiger partial charge in [-0.05, 0) is 32.0 Å². The van der Waals surface area contributed by atoms with Gasteiger partial charge >= 0.3 is 0 Å². The fraction of sp³-hybridized carbons (Fsp3) is 0.357. The van der Waals surface area contributed by atoms with Gasteiger partial charge in [0, 0.05) is 23.7 Å². The molecule has 0 amide bonds. The van der Waals surface area contributed by atoms with Crippen LogP contribution < -0.4 is 4.90 Å². The molecule has 1 heterocycles. The van der Waals surface area contributed by atoms with Crippen LogP contribution in [0.5, 0.6) is 0 Å². The monoisotopic (exact) mass is 280 g/mol. The van der Waals surface area contributed by atoms with Crippen molar-refractivity contribution in [3.05, 3.63) is 45.7 Å². The van der Waals surface area contributed by atoms with E-state index in [2.05, 4.69) is 4.98 Å². The van der Waals surface area contributed by atoms with Crippen molar-refractivity contribution in [2.24, 2.45) is 0 Å². The number of aromatic nitrogens is 1. The van der Waals surface area contributed by atoms with E-state index >= 15 is 0 Å². The molecule has 2 aromatic rings. The standard InChI is InChI=1S/C14H17FN2OS/c1-9(18)13-6-11(15)4-5-14(13)17(3)7-12-8-19-10(2)16-12/h4-6,8-9,18H,7H2,1-3H3/t9-/m1/s1. The van der Waals surface area contributed by atoms with Crippen LogP contribution in [-0.4, -0.2) is 17.1 Å². The van der Waals surface area contributed by atoms with Crippen LogP contribution >= 0.6 is 11.3 Å². The van der Waals surface area contributed by atoms with Gasteiger partial charge in [-0.15, -0.1) is 11.3 Å². The predicted octanol–water partition coefficient (Wildman–Crippen LogP) is 3.28. The first kappa shape index (κ1) is 14.0. The molecule has 19 heavy (non-hydrogen) atoms. The molecule has 102 valence electrons. The van der Waals surface area contributed by atoms with E-state index in [1.165, 1.54) is 12.1 Å². The molecule has 0 fully saturated rings. The molecule has 0 unspecified atom stereocenters. The topological polar surface area (TPSA) is 36.4 Å². The number of hydrogen-bond donors (Lipinski definition) is 1. The second kappa shape index (κ2) is 5.67. The molecular formula is C14H17FN2OS. The maximum Gasteiger partial charge on any atom is 0.123 e. The van der Waals surface area contributed by atoms with E-state index in [0.717, 1.165) is 16.4 Å². The van der Waals surface area contributed by atoms with Crippen molar-refractivity contribution in [2.75, 3.05) is 11.9 Å². The van der Waals surface area contributed by atoms with Gasteiger partial charge in [0.25, 0.3) is 0 Å². The van der Waals surface area contributed by atoms with Crippen LogP contribution in [0.15, 0.2) is 23.6 Å². The van der Waals surface area contributed by atoms with E-state index in [4.69, 9.17) is 0 Å². The zero-order valence-corrected chi connectivity index (χ0v) is 12.0. The number of aliphatic hydroxyl groups is 1. The second-order valence-corrected chi connectivity index (χ2v) is 5.66. The maximum absolute atomic E-state index is 13.3. The smallest absolute Gasteiger partial charge is 0.123 e. The Morgan fingerprint density at radius 1 is 1.47 bits per heavy atom. The predicted molar refractivity (Wildman–Crippen MR) is 76.0 cm³/mol. The van der Waals surface area contributed by atoms with Gasteiger partial charge in [0.2, 0.25) is 0 Å². The highest BCUT2D eigenvalue weighted by Crippen LogP contribution is 2.27. The highest BCUT2D eigenvalue weighted by Gasteiger charge is 2.13. The molecule has 1 atom stereocenters. The molecular weight excluding hydrogens is 263 g/mol. The summed E-state index contributed by atoms with van der Waals surface area (Å²) >= 11 is 1.61. The fourth-order valence-electron chi connectivity index (χ4n) is 2.02. The normalized spacial score (nSPS) is 12.5. The summed E-state index contributed by atoms with van der Waals surface area (Å²) in [7, 11) is 1.91. The lowest BCUT2D eigenvalue weighted by Gasteiger charge is -2.23. The van der Waals surface area contributed by atoms with Crippen molar-refractivity contribution in [2.45, 2.75) is 26.5 Å². The van der Waals surface area contributed by atoms with Crippen LogP contribution in [-0.2, 0) is 6.54 Å². The van der Waals surface area contributed by atoms with E-state index in [0.29, 0.717) is 12.1 Å². The van der Waals surface area contributed by atoms with Crippen molar-refractivity contribution in [1.82, 2.24) is 4.98 Å². The van der Waals surface area contributed by atoms with Gasteiger partial charge in [0.05, 0.1) is 23.4 Å². The highest BCUT2D eigenvalue weighted by atomic mass is 32.1. The van der Waals surface area contributed by atoms with E-state index in [1.54, 1.807) is 24.3 Å². The molecule has 0 saturated carbocycles. The van der Waals surface area contributed by atoms with Crippen LogP contribution in [0.1, 0.15) is 29.3 Å². The molecule has 1 N–H and O–H groups in total. The zero-order valence-electron chi connectivity index (χ0n) is 11.2. The largest absolute Gasteiger partial charge is 0.389 e. The molecule has 0 radical (unpaired) electrons. The molecule has 0 aliphatic heterocycles. The number of nitrogens with zero attached hydrogens (tertiary/aromatic N) is 2. The SMILES string of the molecule is Cc1nc(CN(C)c2ccc(F)cc2[C@@H](C)O)cs1. The van der Waals surface area contributed by atoms with E-state index in [-0.39, 0.29) is 5.82 Å². The van der Waals surface area contributed by atoms with Crippen LogP contribution in [0.2, 0.25) is 0 Å². The van der Waals surface area contributed by atoms with Gasteiger partial charge in [-0.3, -0.25) is 0 Å². The minimum absolute atomic E-state index is 0.336. The van der Waals surface area contributed by atoms with Gasteiger partial charge in [0.15, 0.2) is 0 Å². The first-order chi connectivity index (χ1) is 8.97. The minimum atomic E-state index is -0.703. The second-order valence-electron chi connectivity index (χ2n) is 4.59. The summed E-state index contributed by atoms with van der Waals surface area (Å²) < 4.78 is 13.3. The summed E-state index contributed by atoms with van der Waals surface area (Å²) in [4.78, 5) is 6.38. The lowest BCUT2D eigenvalue weighted by molar-refractivity contribution is 0.199. The molecule has 0 bridgehead atoms. The third-order valence-corrected chi connectivity index (χ3v) is 3.74. The zero-order chi connectivity index (χ0) is 14.0. The number of aryl methyl sites for hydroxylation is 1. The number of halogens is 1. The highest BCUT2D eigenvalue weighted by molar-refractivity contribution is 7.09. The third kappa shape index (κ3) is 3.30. The maximum atomic E-state index is 13.3. The van der Waals surface area contributed by atoms with Crippen molar-refractivity contribution in [3.8, 4) is 0 Å². The van der Waals surface area contributed by atoms with Gasteiger partial charge in [0.1, 0.15) is 5.82 Å². The summed E-state index contributed by atoms with van der Waals surface area (Å²) in [6.45, 7) is 4.24. The Morgan fingerprint density at radius 2 is 2.21 bits per heavy atom. The van der Waals surface area contributed by atoms with E-state index in [9.17, 15) is 9.50 Å². The van der Waals surface area contributed by atoms with Crippen molar-refractivity contribution >= 4 is 17.0 Å². The Morgan fingerprint density at radius 3 is 2.79 bits per heavy atom. The number of hydrogen-bond acceptors (Lipinski definition) is 4. The Kier molecular flexibility index (Phi) is 4.17. The third-order valence-electron chi connectivity index (χ3n) is 2.92. The van der Waals surface area contributed by atoms with Crippen molar-refractivity contribution < 1.29 is 9.50 Å². The Bertz CT molecular complexity index is 568. The number of anilines is 1. The average molecular weight is 280 g/mol. The Labute approximate surface area is 116 Å². The first-order valence-electron chi connectivity index (χ1n) is 6.07. The summed E-state index contributed by atoms with van der Waals surface area (Å²) in [5.74, 6) is -0.336. The number of thiazole rings is 1. The first-order valence-corrected chi connectivity index (χ1v) is 6.95. The lowest BCUT2D eigenvalue weighted by Crippen LogP contribution is -2.19. The van der Waals surface area contributed by atoms with Crippen LogP contribution in [0.3, 0.4) is 0 Å². The fourth-order valence-corrected chi connectivity index (χ4v) is 2.62. The van der Waals surface area contributed by atoms with Crippen LogP contribution in [0.25, 0.3) is 0 Å². The molecule has 0 saturated heterocycles. The number of benzene rings is 1. The van der Waals surface area contributed by atoms with Gasteiger partial charge in [-0.1, -0.05) is 0 Å². The molecule has 3 nitrogen and oxygen atoms in total. The van der Waals surface area contributed by atoms with Crippen molar-refractivity contribution in [1.29, 1.82) is 0 Å². The summed E-state index contributed by atoms with van der Waals surface area (Å²) in [5, 5.41) is 12.8. The van der Waals surface area contributed by atoms with E-state index < -0.39 is 6.10 Å². The average Bonchev–Trinajstić information content (AvgIpc) is 2.74. The lowest BCUT2D eigenvalue weighted by atomic mass is 10.1. The quantitative estimate of drug-likeness (QED) is 0.933. The van der Waals surface area contributed by atoms with Crippen LogP contribution in [0.4, 0.5) is 10.1 Å². The Balaban J connectivity index is 2.25. The molecule has 5 heteroatoms. The van der Waals surface area contributed by atoms with Crippen LogP contribution in [0, 0.1) is 12.7 Å². The van der Waals surface area contributed by atoms with Gasteiger partial charge < -0.3 is 10.0 Å². The molecule has 1 aromatic heterocycles. The van der Waals surface area contributed by atoms with Gasteiger partial charge in [-0.2, -0.15) is 0 Å². The summed E-state index contributed by atoms with van der Waals surface area (Å²) in [6.07, 6.45) is -0.703. The van der Waals surface area contributed by atoms with Crippen molar-refractivity contribution in [3.63, 3.8) is 0 Å². The summed E-state index contributed by atoms with van der Waals surface area (Å²) in [5.41, 5.74) is 2.39. The van der Waals surface area contributed by atoms with E-state index in [1.807, 2.05) is 24.3 Å². The molecule has 2 rings (SSSR count). The molecule has 1 aromatic carbocycles. The Hall–Kier alpha value is -1.46. The number of rotatable bonds is 4. The summed E-state index contributed by atoms with van der Waals surface area (Å²) in [6, 6.07) is 4.48. The minimum Gasteiger partial charge on any atom is -0.389 e. The molecule has 0 spiro atoms. The number of aliphatic hydroxyl groups excluding tert-OH is 1. The van der Waals surface area contributed by atoms with Gasteiger partial charge in [-0.25, -0.2) is 9.37 Å². The molecule has 0 aliphatic rings. The molecule has 0 aliphatic carbocycles.